The van der Waals surface area contributed by atoms with E-state index in [2.05, 4.69) is 28.0 Å². The average Bonchev–Trinajstić information content (AvgIpc) is 2.56. The third-order valence-corrected chi connectivity index (χ3v) is 2.94. The van der Waals surface area contributed by atoms with Crippen LogP contribution in [0.3, 0.4) is 0 Å². The minimum atomic E-state index is 1.04. The zero-order chi connectivity index (χ0) is 9.54. The van der Waals surface area contributed by atoms with Gasteiger partial charge in [-0.25, -0.2) is 4.98 Å². The second-order valence-electron chi connectivity index (χ2n) is 3.97. The quantitative estimate of drug-likeness (QED) is 0.678. The van der Waals surface area contributed by atoms with E-state index in [4.69, 9.17) is 0 Å². The first-order valence-corrected chi connectivity index (χ1v) is 4.97. The number of hydrogen-bond acceptors (Lipinski definition) is 2. The summed E-state index contributed by atoms with van der Waals surface area (Å²) in [5.74, 6) is 0. The average molecular weight is 187 g/mol. The predicted molar refractivity (Wildman–Crippen MR) is 56.1 cm³/mol. The van der Waals surface area contributed by atoms with Crippen LogP contribution in [-0.2, 0) is 13.0 Å². The Morgan fingerprint density at radius 2 is 2.43 bits per heavy atom. The molecule has 0 amide bonds. The SMILES string of the molecule is CN1CCc2[nH]c3ncccc3c2C1. The molecule has 0 spiro atoms. The van der Waals surface area contributed by atoms with Crippen LogP contribution in [0, 0.1) is 0 Å². The Hall–Kier alpha value is -1.35. The number of fused-ring (bicyclic) bond motifs is 3. The summed E-state index contributed by atoms with van der Waals surface area (Å²) in [6.45, 7) is 2.18. The fraction of sp³-hybridized carbons (Fsp3) is 0.364. The highest BCUT2D eigenvalue weighted by Gasteiger charge is 2.17. The topological polar surface area (TPSA) is 31.9 Å². The van der Waals surface area contributed by atoms with Gasteiger partial charge in [-0.15, -0.1) is 0 Å². The molecule has 0 fully saturated rings. The molecule has 0 saturated heterocycles. The van der Waals surface area contributed by atoms with Crippen LogP contribution in [0.5, 0.6) is 0 Å². The fourth-order valence-corrected chi connectivity index (χ4v) is 2.17. The van der Waals surface area contributed by atoms with E-state index in [1.165, 1.54) is 16.6 Å². The first-order chi connectivity index (χ1) is 6.84. The number of aromatic amines is 1. The number of H-pyrrole nitrogens is 1. The van der Waals surface area contributed by atoms with Crippen molar-refractivity contribution >= 4 is 11.0 Å². The van der Waals surface area contributed by atoms with Gasteiger partial charge in [-0.1, -0.05) is 0 Å². The van der Waals surface area contributed by atoms with Gasteiger partial charge in [0.2, 0.25) is 0 Å². The summed E-state index contributed by atoms with van der Waals surface area (Å²) in [6, 6.07) is 4.15. The highest BCUT2D eigenvalue weighted by Crippen LogP contribution is 2.25. The van der Waals surface area contributed by atoms with Crippen molar-refractivity contribution in [3.8, 4) is 0 Å². The predicted octanol–water partition coefficient (Wildman–Crippen LogP) is 1.55. The molecule has 14 heavy (non-hydrogen) atoms. The van der Waals surface area contributed by atoms with Crippen molar-refractivity contribution < 1.29 is 0 Å². The minimum Gasteiger partial charge on any atom is -0.343 e. The standard InChI is InChI=1S/C11H13N3/c1-14-6-4-10-9(7-14)8-3-2-5-12-11(8)13-10/h2-3,5H,4,6-7H2,1H3,(H,12,13). The first-order valence-electron chi connectivity index (χ1n) is 4.97. The van der Waals surface area contributed by atoms with Crippen molar-refractivity contribution in [1.82, 2.24) is 14.9 Å². The molecule has 0 unspecified atom stereocenters. The summed E-state index contributed by atoms with van der Waals surface area (Å²) in [7, 11) is 2.16. The van der Waals surface area contributed by atoms with Crippen LogP contribution in [-0.4, -0.2) is 28.5 Å². The fourth-order valence-electron chi connectivity index (χ4n) is 2.17. The molecule has 0 atom stereocenters. The van der Waals surface area contributed by atoms with Gasteiger partial charge in [0, 0.05) is 36.8 Å². The number of hydrogen-bond donors (Lipinski definition) is 1. The van der Waals surface area contributed by atoms with Gasteiger partial charge in [0.1, 0.15) is 5.65 Å². The van der Waals surface area contributed by atoms with Gasteiger partial charge in [0.15, 0.2) is 0 Å². The van der Waals surface area contributed by atoms with E-state index >= 15 is 0 Å². The van der Waals surface area contributed by atoms with Crippen LogP contribution >= 0.6 is 0 Å². The molecular formula is C11H13N3. The smallest absolute Gasteiger partial charge is 0.137 e. The second kappa shape index (κ2) is 2.82. The molecule has 2 aromatic heterocycles. The minimum absolute atomic E-state index is 1.04. The molecule has 72 valence electrons. The number of likely N-dealkylation sites (N-methyl/N-ethyl adjacent to an activating group) is 1. The highest BCUT2D eigenvalue weighted by atomic mass is 15.1. The molecule has 3 nitrogen and oxygen atoms in total. The number of pyridine rings is 1. The van der Waals surface area contributed by atoms with Crippen molar-refractivity contribution in [2.24, 2.45) is 0 Å². The zero-order valence-corrected chi connectivity index (χ0v) is 8.25. The van der Waals surface area contributed by atoms with Crippen molar-refractivity contribution in [1.29, 1.82) is 0 Å². The molecule has 1 aliphatic heterocycles. The number of nitrogens with zero attached hydrogens (tertiary/aromatic N) is 2. The van der Waals surface area contributed by atoms with Gasteiger partial charge in [0.25, 0.3) is 0 Å². The van der Waals surface area contributed by atoms with Gasteiger partial charge >= 0.3 is 0 Å². The lowest BCUT2D eigenvalue weighted by Gasteiger charge is -2.22. The third kappa shape index (κ3) is 1.06. The van der Waals surface area contributed by atoms with Crippen LogP contribution in [0.2, 0.25) is 0 Å². The molecule has 0 bridgehead atoms. The summed E-state index contributed by atoms with van der Waals surface area (Å²) in [5.41, 5.74) is 3.84. The number of rotatable bonds is 0. The van der Waals surface area contributed by atoms with Crippen molar-refractivity contribution in [2.75, 3.05) is 13.6 Å². The van der Waals surface area contributed by atoms with Gasteiger partial charge in [-0.05, 0) is 24.7 Å². The Labute approximate surface area is 82.8 Å². The van der Waals surface area contributed by atoms with Crippen molar-refractivity contribution in [3.63, 3.8) is 0 Å². The maximum Gasteiger partial charge on any atom is 0.137 e. The van der Waals surface area contributed by atoms with E-state index in [0.717, 1.165) is 25.2 Å². The number of nitrogens with one attached hydrogen (secondary N) is 1. The molecule has 3 heterocycles. The van der Waals surface area contributed by atoms with E-state index in [9.17, 15) is 0 Å². The van der Waals surface area contributed by atoms with E-state index in [1.54, 1.807) is 0 Å². The van der Waals surface area contributed by atoms with Crippen LogP contribution in [0.4, 0.5) is 0 Å². The summed E-state index contributed by atoms with van der Waals surface area (Å²) < 4.78 is 0. The largest absolute Gasteiger partial charge is 0.343 e. The highest BCUT2D eigenvalue weighted by molar-refractivity contribution is 5.81. The van der Waals surface area contributed by atoms with E-state index in [0.29, 0.717) is 0 Å². The van der Waals surface area contributed by atoms with E-state index in [-0.39, 0.29) is 0 Å². The summed E-state index contributed by atoms with van der Waals surface area (Å²) >= 11 is 0. The van der Waals surface area contributed by atoms with Crippen molar-refractivity contribution in [3.05, 3.63) is 29.6 Å². The molecule has 0 saturated carbocycles. The molecule has 1 aliphatic rings. The van der Waals surface area contributed by atoms with Crippen molar-refractivity contribution in [2.45, 2.75) is 13.0 Å². The molecular weight excluding hydrogens is 174 g/mol. The van der Waals surface area contributed by atoms with E-state index < -0.39 is 0 Å². The molecule has 1 N–H and O–H groups in total. The van der Waals surface area contributed by atoms with Gasteiger partial charge in [0.05, 0.1) is 0 Å². The van der Waals surface area contributed by atoms with Crippen LogP contribution in [0.15, 0.2) is 18.3 Å². The molecule has 0 radical (unpaired) electrons. The van der Waals surface area contributed by atoms with Crippen LogP contribution < -0.4 is 0 Å². The lowest BCUT2D eigenvalue weighted by molar-refractivity contribution is 0.313. The normalized spacial score (nSPS) is 17.2. The van der Waals surface area contributed by atoms with Gasteiger partial charge in [-0.3, -0.25) is 0 Å². The molecule has 0 aliphatic carbocycles. The first kappa shape index (κ1) is 8.00. The van der Waals surface area contributed by atoms with Crippen LogP contribution in [0.25, 0.3) is 11.0 Å². The summed E-state index contributed by atoms with van der Waals surface area (Å²) in [6.07, 6.45) is 2.95. The zero-order valence-electron chi connectivity index (χ0n) is 8.25. The molecule has 3 heteroatoms. The Bertz CT molecular complexity index is 472. The lowest BCUT2D eigenvalue weighted by atomic mass is 10.1. The second-order valence-corrected chi connectivity index (χ2v) is 3.97. The van der Waals surface area contributed by atoms with Gasteiger partial charge < -0.3 is 9.88 Å². The third-order valence-electron chi connectivity index (χ3n) is 2.94. The Morgan fingerprint density at radius 3 is 3.36 bits per heavy atom. The Morgan fingerprint density at radius 1 is 1.50 bits per heavy atom. The van der Waals surface area contributed by atoms with Crippen LogP contribution in [0.1, 0.15) is 11.3 Å². The number of aromatic nitrogens is 2. The summed E-state index contributed by atoms with van der Waals surface area (Å²) in [5, 5.41) is 1.29. The molecule has 3 rings (SSSR count). The lowest BCUT2D eigenvalue weighted by Crippen LogP contribution is -2.25. The Kier molecular flexibility index (Phi) is 1.61. The molecule has 0 aromatic carbocycles. The van der Waals surface area contributed by atoms with Gasteiger partial charge in [-0.2, -0.15) is 0 Å². The summed E-state index contributed by atoms with van der Waals surface area (Å²) in [4.78, 5) is 10.1. The van der Waals surface area contributed by atoms with E-state index in [1.807, 2.05) is 12.3 Å². The maximum absolute atomic E-state index is 4.34. The monoisotopic (exact) mass is 187 g/mol. The Balaban J connectivity index is 2.25. The molecule has 2 aromatic rings. The maximum atomic E-state index is 4.34.